The van der Waals surface area contributed by atoms with E-state index >= 15 is 0 Å². The molecule has 0 amide bonds. The first-order valence-corrected chi connectivity index (χ1v) is 6.54. The zero-order chi connectivity index (χ0) is 12.1. The molecule has 16 heavy (non-hydrogen) atoms. The van der Waals surface area contributed by atoms with Gasteiger partial charge in [0.2, 0.25) is 0 Å². The minimum Gasteiger partial charge on any atom is -0.271 e. The van der Waals surface area contributed by atoms with Crippen molar-refractivity contribution in [3.63, 3.8) is 0 Å². The van der Waals surface area contributed by atoms with E-state index in [1.54, 1.807) is 0 Å². The summed E-state index contributed by atoms with van der Waals surface area (Å²) in [6.07, 6.45) is 0.975. The number of hydrogen-bond acceptors (Lipinski definition) is 2. The lowest BCUT2D eigenvalue weighted by Gasteiger charge is -2.26. The van der Waals surface area contributed by atoms with Crippen molar-refractivity contribution in [2.45, 2.75) is 33.2 Å². The van der Waals surface area contributed by atoms with Crippen molar-refractivity contribution in [1.29, 1.82) is 0 Å². The third-order valence-corrected chi connectivity index (χ3v) is 3.80. The van der Waals surface area contributed by atoms with Gasteiger partial charge in [0, 0.05) is 10.5 Å². The molecule has 0 radical (unpaired) electrons. The Balaban J connectivity index is 2.66. The number of benzene rings is 1. The van der Waals surface area contributed by atoms with Crippen LogP contribution in [0.4, 0.5) is 0 Å². The van der Waals surface area contributed by atoms with Crippen LogP contribution < -0.4 is 11.3 Å². The van der Waals surface area contributed by atoms with Gasteiger partial charge >= 0.3 is 0 Å². The van der Waals surface area contributed by atoms with Gasteiger partial charge in [0.25, 0.3) is 0 Å². The van der Waals surface area contributed by atoms with Crippen LogP contribution in [0.3, 0.4) is 0 Å². The monoisotopic (exact) mass is 284 g/mol. The van der Waals surface area contributed by atoms with Crippen LogP contribution in [0.2, 0.25) is 0 Å². The van der Waals surface area contributed by atoms with Crippen molar-refractivity contribution in [2.75, 3.05) is 0 Å². The second-order valence-corrected chi connectivity index (χ2v) is 5.62. The highest BCUT2D eigenvalue weighted by Crippen LogP contribution is 2.19. The van der Waals surface area contributed by atoms with E-state index in [2.05, 4.69) is 66.4 Å². The number of rotatable bonds is 5. The molecule has 2 unspecified atom stereocenters. The Labute approximate surface area is 107 Å². The fourth-order valence-electron chi connectivity index (χ4n) is 1.74. The molecule has 0 fully saturated rings. The van der Waals surface area contributed by atoms with Crippen molar-refractivity contribution in [3.05, 3.63) is 34.3 Å². The quantitative estimate of drug-likeness (QED) is 0.644. The Hall–Kier alpha value is -0.380. The van der Waals surface area contributed by atoms with Gasteiger partial charge in [-0.15, -0.1) is 0 Å². The van der Waals surface area contributed by atoms with Crippen LogP contribution in [-0.4, -0.2) is 6.04 Å². The van der Waals surface area contributed by atoms with Gasteiger partial charge < -0.3 is 0 Å². The molecule has 0 aromatic heterocycles. The molecule has 90 valence electrons. The lowest BCUT2D eigenvalue weighted by Crippen LogP contribution is -2.43. The maximum atomic E-state index is 5.63. The molecule has 0 aliphatic heterocycles. The third kappa shape index (κ3) is 3.89. The lowest BCUT2D eigenvalue weighted by atomic mass is 9.87. The van der Waals surface area contributed by atoms with Crippen molar-refractivity contribution >= 4 is 15.9 Å². The van der Waals surface area contributed by atoms with Crippen LogP contribution in [0, 0.1) is 11.8 Å². The number of hydrogen-bond donors (Lipinski definition) is 2. The van der Waals surface area contributed by atoms with Gasteiger partial charge in [-0.2, -0.15) is 0 Å². The normalized spacial score (nSPS) is 15.1. The molecule has 0 saturated heterocycles. The zero-order valence-electron chi connectivity index (χ0n) is 10.2. The molecular weight excluding hydrogens is 264 g/mol. The molecule has 0 heterocycles. The van der Waals surface area contributed by atoms with Gasteiger partial charge in [-0.05, 0) is 36.0 Å². The third-order valence-electron chi connectivity index (χ3n) is 3.27. The molecule has 1 aromatic carbocycles. The average Bonchev–Trinajstić information content (AvgIpc) is 2.27. The predicted molar refractivity (Wildman–Crippen MR) is 73.0 cm³/mol. The Kier molecular flexibility index (Phi) is 5.46. The van der Waals surface area contributed by atoms with Crippen molar-refractivity contribution < 1.29 is 0 Å². The standard InChI is InChI=1S/C13H21BrN2/c1-9(2)10(3)13(16-15)8-11-4-6-12(14)7-5-11/h4-7,9-10,13,16H,8,15H2,1-3H3. The molecule has 0 spiro atoms. The summed E-state index contributed by atoms with van der Waals surface area (Å²) in [5, 5.41) is 0. The maximum absolute atomic E-state index is 5.63. The summed E-state index contributed by atoms with van der Waals surface area (Å²) in [6.45, 7) is 6.71. The minimum atomic E-state index is 0.334. The molecule has 2 nitrogen and oxygen atoms in total. The molecule has 1 aromatic rings. The van der Waals surface area contributed by atoms with E-state index in [-0.39, 0.29) is 0 Å². The molecule has 2 atom stereocenters. The first kappa shape index (κ1) is 13.7. The van der Waals surface area contributed by atoms with Crippen LogP contribution in [0.15, 0.2) is 28.7 Å². The highest BCUT2D eigenvalue weighted by Gasteiger charge is 2.19. The first-order valence-electron chi connectivity index (χ1n) is 5.75. The van der Waals surface area contributed by atoms with E-state index in [0.717, 1.165) is 10.9 Å². The van der Waals surface area contributed by atoms with Crippen LogP contribution >= 0.6 is 15.9 Å². The summed E-state index contributed by atoms with van der Waals surface area (Å²) in [7, 11) is 0. The van der Waals surface area contributed by atoms with Crippen LogP contribution in [0.5, 0.6) is 0 Å². The zero-order valence-corrected chi connectivity index (χ0v) is 11.8. The summed E-state index contributed by atoms with van der Waals surface area (Å²) in [5.41, 5.74) is 4.25. The fourth-order valence-corrected chi connectivity index (χ4v) is 2.00. The SMILES string of the molecule is CC(C)C(C)C(Cc1ccc(Br)cc1)NN. The molecule has 0 aliphatic carbocycles. The second-order valence-electron chi connectivity index (χ2n) is 4.71. The largest absolute Gasteiger partial charge is 0.271 e. The predicted octanol–water partition coefficient (Wildman–Crippen LogP) is 3.12. The highest BCUT2D eigenvalue weighted by molar-refractivity contribution is 9.10. The highest BCUT2D eigenvalue weighted by atomic mass is 79.9. The lowest BCUT2D eigenvalue weighted by molar-refractivity contribution is 0.299. The van der Waals surface area contributed by atoms with Gasteiger partial charge in [-0.3, -0.25) is 11.3 Å². The van der Waals surface area contributed by atoms with Crippen molar-refractivity contribution in [3.8, 4) is 0 Å². The number of nitrogens with one attached hydrogen (secondary N) is 1. The van der Waals surface area contributed by atoms with Gasteiger partial charge in [0.1, 0.15) is 0 Å². The number of nitrogens with two attached hydrogens (primary N) is 1. The van der Waals surface area contributed by atoms with Crippen molar-refractivity contribution in [2.24, 2.45) is 17.7 Å². The summed E-state index contributed by atoms with van der Waals surface area (Å²) in [4.78, 5) is 0. The first-order chi connectivity index (χ1) is 7.54. The molecule has 0 bridgehead atoms. The van der Waals surface area contributed by atoms with Gasteiger partial charge in [0.05, 0.1) is 0 Å². The summed E-state index contributed by atoms with van der Waals surface area (Å²) < 4.78 is 1.12. The Bertz CT molecular complexity index is 308. The van der Waals surface area contributed by atoms with E-state index in [0.29, 0.717) is 17.9 Å². The van der Waals surface area contributed by atoms with Gasteiger partial charge in [-0.1, -0.05) is 48.8 Å². The molecule has 3 heteroatoms. The topological polar surface area (TPSA) is 38.0 Å². The smallest absolute Gasteiger partial charge is 0.0278 e. The van der Waals surface area contributed by atoms with E-state index in [1.807, 2.05) is 0 Å². The maximum Gasteiger partial charge on any atom is 0.0278 e. The van der Waals surface area contributed by atoms with Crippen LogP contribution in [0.25, 0.3) is 0 Å². The number of halogens is 1. The van der Waals surface area contributed by atoms with E-state index in [4.69, 9.17) is 5.84 Å². The number of hydrazine groups is 1. The second kappa shape index (κ2) is 6.38. The van der Waals surface area contributed by atoms with E-state index in [1.165, 1.54) is 5.56 Å². The van der Waals surface area contributed by atoms with Gasteiger partial charge in [-0.25, -0.2) is 0 Å². The molecule has 3 N–H and O–H groups in total. The minimum absolute atomic E-state index is 0.334. The summed E-state index contributed by atoms with van der Waals surface area (Å²) in [5.74, 6) is 6.83. The average molecular weight is 285 g/mol. The Morgan fingerprint density at radius 2 is 1.75 bits per heavy atom. The summed E-state index contributed by atoms with van der Waals surface area (Å²) >= 11 is 3.44. The van der Waals surface area contributed by atoms with E-state index < -0.39 is 0 Å². The fraction of sp³-hybridized carbons (Fsp3) is 0.538. The van der Waals surface area contributed by atoms with Gasteiger partial charge in [0.15, 0.2) is 0 Å². The van der Waals surface area contributed by atoms with E-state index in [9.17, 15) is 0 Å². The Morgan fingerprint density at radius 1 is 1.19 bits per heavy atom. The van der Waals surface area contributed by atoms with Crippen molar-refractivity contribution in [1.82, 2.24) is 5.43 Å². The van der Waals surface area contributed by atoms with Crippen LogP contribution in [-0.2, 0) is 6.42 Å². The molecule has 0 aliphatic rings. The molecular formula is C13H21BrN2. The molecule has 1 rings (SSSR count). The Morgan fingerprint density at radius 3 is 2.19 bits per heavy atom. The summed E-state index contributed by atoms with van der Waals surface area (Å²) in [6, 6.07) is 8.76. The van der Waals surface area contributed by atoms with Crippen LogP contribution in [0.1, 0.15) is 26.3 Å². The molecule has 0 saturated carbocycles.